The van der Waals surface area contributed by atoms with E-state index in [2.05, 4.69) is 10.3 Å². The highest BCUT2D eigenvalue weighted by atomic mass is 32.1. The minimum atomic E-state index is -0.921. The number of thiazole rings is 1. The Morgan fingerprint density at radius 2 is 1.79 bits per heavy atom. The van der Waals surface area contributed by atoms with Gasteiger partial charge in [0, 0.05) is 20.2 Å². The fourth-order valence-corrected chi connectivity index (χ4v) is 4.13. The molecule has 0 radical (unpaired) electrons. The van der Waals surface area contributed by atoms with Crippen LogP contribution in [-0.2, 0) is 0 Å². The van der Waals surface area contributed by atoms with E-state index in [9.17, 15) is 13.6 Å². The van der Waals surface area contributed by atoms with Crippen molar-refractivity contribution in [2.45, 2.75) is 20.8 Å². The zero-order valence-corrected chi connectivity index (χ0v) is 14.9. The van der Waals surface area contributed by atoms with Crippen molar-refractivity contribution in [3.8, 4) is 11.3 Å². The molecule has 0 saturated carbocycles. The van der Waals surface area contributed by atoms with Crippen LogP contribution in [0.5, 0.6) is 0 Å². The summed E-state index contributed by atoms with van der Waals surface area (Å²) in [6, 6.07) is 5.49. The average molecular weight is 364 g/mol. The molecule has 3 aromatic rings. The molecular weight excluding hydrogens is 350 g/mol. The number of hydrogen-bond donors (Lipinski definition) is 1. The first-order chi connectivity index (χ1) is 11.3. The Labute approximate surface area is 146 Å². The third-order valence-corrected chi connectivity index (χ3v) is 5.35. The number of nitrogens with one attached hydrogen (secondary N) is 1. The molecule has 0 aliphatic heterocycles. The van der Waals surface area contributed by atoms with Crippen LogP contribution in [0, 0.1) is 32.4 Å². The first kappa shape index (κ1) is 16.7. The number of hydrogen-bond acceptors (Lipinski definition) is 4. The molecule has 1 aromatic carbocycles. The highest BCUT2D eigenvalue weighted by Gasteiger charge is 2.16. The van der Waals surface area contributed by atoms with Crippen LogP contribution < -0.4 is 5.32 Å². The van der Waals surface area contributed by atoms with Crippen molar-refractivity contribution in [3.05, 3.63) is 56.1 Å². The molecule has 0 aliphatic carbocycles. The first-order valence-electron chi connectivity index (χ1n) is 7.16. The summed E-state index contributed by atoms with van der Waals surface area (Å²) >= 11 is 2.86. The lowest BCUT2D eigenvalue weighted by atomic mass is 10.1. The van der Waals surface area contributed by atoms with Crippen LogP contribution in [0.1, 0.15) is 25.0 Å². The van der Waals surface area contributed by atoms with Gasteiger partial charge in [0.05, 0.1) is 11.3 Å². The largest absolute Gasteiger partial charge is 0.298 e. The Morgan fingerprint density at radius 3 is 2.42 bits per heavy atom. The van der Waals surface area contributed by atoms with E-state index < -0.39 is 11.6 Å². The lowest BCUT2D eigenvalue weighted by Crippen LogP contribution is -2.11. The number of rotatable bonds is 3. The molecule has 0 fully saturated rings. The Hall–Kier alpha value is -2.12. The van der Waals surface area contributed by atoms with Gasteiger partial charge in [-0.1, -0.05) is 0 Å². The molecule has 3 nitrogen and oxygen atoms in total. The zero-order valence-electron chi connectivity index (χ0n) is 13.2. The molecule has 3 rings (SSSR count). The third-order valence-electron chi connectivity index (χ3n) is 3.50. The van der Waals surface area contributed by atoms with E-state index in [-0.39, 0.29) is 5.91 Å². The third kappa shape index (κ3) is 3.22. The van der Waals surface area contributed by atoms with Gasteiger partial charge in [-0.05, 0) is 45.0 Å². The normalized spacial score (nSPS) is 10.9. The zero-order chi connectivity index (χ0) is 17.4. The van der Waals surface area contributed by atoms with Crippen molar-refractivity contribution in [1.29, 1.82) is 0 Å². The Kier molecular flexibility index (Phi) is 4.47. The minimum absolute atomic E-state index is 0.220. The number of amides is 1. The van der Waals surface area contributed by atoms with Crippen LogP contribution in [0.2, 0.25) is 0 Å². The standard InChI is InChI=1S/C17H14F2N2OS2/c1-8-6-12(9(2)23-8)16(22)21-17-20-15(10(3)24-17)11-4-5-13(18)14(19)7-11/h4-7H,1-3H3,(H,20,21,22). The molecule has 124 valence electrons. The van der Waals surface area contributed by atoms with Gasteiger partial charge in [-0.2, -0.15) is 0 Å². The topological polar surface area (TPSA) is 42.0 Å². The number of carbonyl (C=O) groups is 1. The summed E-state index contributed by atoms with van der Waals surface area (Å²) in [6.45, 7) is 5.67. The summed E-state index contributed by atoms with van der Waals surface area (Å²) in [5.41, 5.74) is 1.64. The molecule has 0 unspecified atom stereocenters. The Bertz CT molecular complexity index is 931. The van der Waals surface area contributed by atoms with Gasteiger partial charge in [-0.25, -0.2) is 13.8 Å². The molecule has 0 aliphatic rings. The Balaban J connectivity index is 1.87. The van der Waals surface area contributed by atoms with Crippen LogP contribution in [0.4, 0.5) is 13.9 Å². The molecule has 0 bridgehead atoms. The minimum Gasteiger partial charge on any atom is -0.298 e. The molecule has 1 amide bonds. The number of thiophene rings is 1. The van der Waals surface area contributed by atoms with E-state index in [1.54, 1.807) is 11.3 Å². The number of anilines is 1. The van der Waals surface area contributed by atoms with Crippen LogP contribution >= 0.6 is 22.7 Å². The fourth-order valence-electron chi connectivity index (χ4n) is 2.38. The van der Waals surface area contributed by atoms with E-state index in [0.717, 1.165) is 26.8 Å². The molecule has 0 atom stereocenters. The number of aryl methyl sites for hydroxylation is 3. The summed E-state index contributed by atoms with van der Waals surface area (Å²) in [5, 5.41) is 3.21. The van der Waals surface area contributed by atoms with Gasteiger partial charge in [-0.3, -0.25) is 10.1 Å². The first-order valence-corrected chi connectivity index (χ1v) is 8.79. The van der Waals surface area contributed by atoms with E-state index >= 15 is 0 Å². The second-order valence-corrected chi connectivity index (χ2v) is 8.00. The molecular formula is C17H14F2N2OS2. The number of nitrogens with zero attached hydrogens (tertiary/aromatic N) is 1. The predicted molar refractivity (Wildman–Crippen MR) is 93.9 cm³/mol. The molecule has 2 aromatic heterocycles. The maximum Gasteiger partial charge on any atom is 0.258 e. The molecule has 7 heteroatoms. The highest BCUT2D eigenvalue weighted by molar-refractivity contribution is 7.16. The van der Waals surface area contributed by atoms with Gasteiger partial charge in [-0.15, -0.1) is 22.7 Å². The Morgan fingerprint density at radius 1 is 1.04 bits per heavy atom. The van der Waals surface area contributed by atoms with Gasteiger partial charge in [0.2, 0.25) is 0 Å². The van der Waals surface area contributed by atoms with E-state index in [0.29, 0.717) is 22.0 Å². The highest BCUT2D eigenvalue weighted by Crippen LogP contribution is 2.31. The van der Waals surface area contributed by atoms with Gasteiger partial charge < -0.3 is 0 Å². The van der Waals surface area contributed by atoms with Gasteiger partial charge >= 0.3 is 0 Å². The van der Waals surface area contributed by atoms with Crippen molar-refractivity contribution in [2.75, 3.05) is 5.32 Å². The second kappa shape index (κ2) is 6.41. The fraction of sp³-hybridized carbons (Fsp3) is 0.176. The molecule has 0 spiro atoms. The predicted octanol–water partition coefficient (Wildman–Crippen LogP) is 5.33. The van der Waals surface area contributed by atoms with E-state index in [1.165, 1.54) is 17.4 Å². The van der Waals surface area contributed by atoms with Crippen molar-refractivity contribution < 1.29 is 13.6 Å². The average Bonchev–Trinajstić information content (AvgIpc) is 3.04. The maximum atomic E-state index is 13.4. The van der Waals surface area contributed by atoms with Crippen molar-refractivity contribution in [3.63, 3.8) is 0 Å². The molecule has 24 heavy (non-hydrogen) atoms. The number of halogens is 2. The van der Waals surface area contributed by atoms with Crippen LogP contribution in [0.25, 0.3) is 11.3 Å². The van der Waals surface area contributed by atoms with E-state index in [1.807, 2.05) is 26.8 Å². The monoisotopic (exact) mass is 364 g/mol. The smallest absolute Gasteiger partial charge is 0.258 e. The molecule has 2 heterocycles. The van der Waals surface area contributed by atoms with Crippen LogP contribution in [0.3, 0.4) is 0 Å². The summed E-state index contributed by atoms with van der Waals surface area (Å²) in [5.74, 6) is -2.04. The quantitative estimate of drug-likeness (QED) is 0.683. The van der Waals surface area contributed by atoms with Crippen molar-refractivity contribution in [1.82, 2.24) is 4.98 Å². The van der Waals surface area contributed by atoms with Crippen molar-refractivity contribution >= 4 is 33.7 Å². The van der Waals surface area contributed by atoms with Gasteiger partial charge in [0.15, 0.2) is 16.8 Å². The maximum absolute atomic E-state index is 13.4. The summed E-state index contributed by atoms with van der Waals surface area (Å²) in [6.07, 6.45) is 0. The number of aromatic nitrogens is 1. The second-order valence-electron chi connectivity index (χ2n) is 5.33. The molecule has 0 saturated heterocycles. The SMILES string of the molecule is Cc1cc(C(=O)Nc2nc(-c3ccc(F)c(F)c3)c(C)s2)c(C)s1. The summed E-state index contributed by atoms with van der Waals surface area (Å²) in [4.78, 5) is 19.5. The van der Waals surface area contributed by atoms with E-state index in [4.69, 9.17) is 0 Å². The van der Waals surface area contributed by atoms with Gasteiger partial charge in [0.1, 0.15) is 0 Å². The lowest BCUT2D eigenvalue weighted by Gasteiger charge is -2.01. The van der Waals surface area contributed by atoms with Crippen LogP contribution in [0.15, 0.2) is 24.3 Å². The van der Waals surface area contributed by atoms with Gasteiger partial charge in [0.25, 0.3) is 5.91 Å². The van der Waals surface area contributed by atoms with Crippen LogP contribution in [-0.4, -0.2) is 10.9 Å². The summed E-state index contributed by atoms with van der Waals surface area (Å²) < 4.78 is 26.5. The molecule has 1 N–H and O–H groups in total. The van der Waals surface area contributed by atoms with Crippen molar-refractivity contribution in [2.24, 2.45) is 0 Å². The summed E-state index contributed by atoms with van der Waals surface area (Å²) in [7, 11) is 0. The lowest BCUT2D eigenvalue weighted by molar-refractivity contribution is 0.102. The number of carbonyl (C=O) groups excluding carboxylic acids is 1. The number of benzene rings is 1.